The van der Waals surface area contributed by atoms with Crippen molar-refractivity contribution in [1.82, 2.24) is 0 Å². The molecule has 0 bridgehead atoms. The van der Waals surface area contributed by atoms with Gasteiger partial charge in [-0.2, -0.15) is 4.39 Å². The molecule has 31 heavy (non-hydrogen) atoms. The Balaban J connectivity index is 1.48. The van der Waals surface area contributed by atoms with Gasteiger partial charge in [-0.3, -0.25) is 0 Å². The summed E-state index contributed by atoms with van der Waals surface area (Å²) in [5.41, 5.74) is 0.556. The molecule has 3 rings (SSSR count). The van der Waals surface area contributed by atoms with Crippen LogP contribution in [0.2, 0.25) is 0 Å². The minimum atomic E-state index is -0.808. The summed E-state index contributed by atoms with van der Waals surface area (Å²) in [6.07, 6.45) is 16.2. The molecule has 2 aliphatic rings. The molecule has 0 saturated heterocycles. The largest absolute Gasteiger partial charge is 0.490 e. The average Bonchev–Trinajstić information content (AvgIpc) is 2.80. The topological polar surface area (TPSA) is 9.23 Å². The summed E-state index contributed by atoms with van der Waals surface area (Å²) < 4.78 is 34.5. The van der Waals surface area contributed by atoms with Gasteiger partial charge in [-0.15, -0.1) is 0 Å². The molecular weight excluding hydrogens is 390 g/mol. The number of rotatable bonds is 10. The lowest BCUT2D eigenvalue weighted by Crippen LogP contribution is -2.28. The maximum atomic E-state index is 14.7. The molecule has 0 aliphatic heterocycles. The summed E-state index contributed by atoms with van der Waals surface area (Å²) >= 11 is 0. The molecule has 0 radical (unpaired) electrons. The van der Waals surface area contributed by atoms with Gasteiger partial charge in [0.2, 0.25) is 5.82 Å². The molecule has 1 unspecified atom stereocenters. The van der Waals surface area contributed by atoms with Crippen molar-refractivity contribution >= 4 is 0 Å². The maximum Gasteiger partial charge on any atom is 0.200 e. The van der Waals surface area contributed by atoms with Crippen molar-refractivity contribution in [1.29, 1.82) is 0 Å². The van der Waals surface area contributed by atoms with Gasteiger partial charge in [0.1, 0.15) is 0 Å². The number of benzene rings is 1. The minimum Gasteiger partial charge on any atom is -0.490 e. The van der Waals surface area contributed by atoms with E-state index in [1.54, 1.807) is 12.1 Å². The highest BCUT2D eigenvalue weighted by Gasteiger charge is 2.33. The van der Waals surface area contributed by atoms with Crippen LogP contribution in [0, 0.1) is 35.3 Å². The van der Waals surface area contributed by atoms with Crippen LogP contribution in [0.4, 0.5) is 8.78 Å². The van der Waals surface area contributed by atoms with E-state index in [1.165, 1.54) is 51.4 Å². The Morgan fingerprint density at radius 1 is 0.839 bits per heavy atom. The summed E-state index contributed by atoms with van der Waals surface area (Å²) in [7, 11) is 0. The van der Waals surface area contributed by atoms with Crippen molar-refractivity contribution in [3.63, 3.8) is 0 Å². The van der Waals surface area contributed by atoms with Crippen LogP contribution in [-0.2, 0) is 0 Å². The summed E-state index contributed by atoms with van der Waals surface area (Å²) in [5, 5.41) is 0. The molecule has 176 valence electrons. The molecule has 0 heterocycles. The van der Waals surface area contributed by atoms with Crippen molar-refractivity contribution in [3.8, 4) is 5.75 Å². The Hall–Kier alpha value is -1.12. The zero-order chi connectivity index (χ0) is 22.2. The number of halogens is 2. The van der Waals surface area contributed by atoms with E-state index in [9.17, 15) is 8.78 Å². The Kier molecular flexibility index (Phi) is 9.66. The average molecular weight is 435 g/mol. The fourth-order valence-corrected chi connectivity index (χ4v) is 6.21. The van der Waals surface area contributed by atoms with E-state index in [2.05, 4.69) is 13.8 Å². The third kappa shape index (κ3) is 6.45. The fraction of sp³-hybridized carbons (Fsp3) is 0.786. The van der Waals surface area contributed by atoms with Gasteiger partial charge in [-0.05, 0) is 86.2 Å². The van der Waals surface area contributed by atoms with E-state index in [1.807, 2.05) is 6.92 Å². The second-order valence-corrected chi connectivity index (χ2v) is 10.4. The number of unbranched alkanes of at least 4 members (excludes halogenated alkanes) is 2. The normalized spacial score (nSPS) is 27.8. The first-order valence-electron chi connectivity index (χ1n) is 13.2. The molecule has 2 saturated carbocycles. The third-order valence-corrected chi connectivity index (χ3v) is 8.34. The SMILES string of the molecule is CCCCCC1CCC(C(C)C2CCC(c3ccc(OCCC)c(F)c3F)CC2)CC1. The first-order chi connectivity index (χ1) is 15.0. The van der Waals surface area contributed by atoms with Crippen molar-refractivity contribution in [2.45, 2.75) is 110 Å². The highest BCUT2D eigenvalue weighted by molar-refractivity contribution is 5.33. The van der Waals surface area contributed by atoms with E-state index >= 15 is 0 Å². The Morgan fingerprint density at radius 2 is 1.48 bits per heavy atom. The summed E-state index contributed by atoms with van der Waals surface area (Å²) in [6.45, 7) is 7.13. The van der Waals surface area contributed by atoms with Crippen LogP contribution in [0.3, 0.4) is 0 Å². The van der Waals surface area contributed by atoms with Crippen LogP contribution < -0.4 is 4.74 Å². The van der Waals surface area contributed by atoms with Crippen molar-refractivity contribution < 1.29 is 13.5 Å². The minimum absolute atomic E-state index is 0.0516. The molecule has 1 nitrogen and oxygen atoms in total. The van der Waals surface area contributed by atoms with E-state index < -0.39 is 11.6 Å². The number of ether oxygens (including phenoxy) is 1. The highest BCUT2D eigenvalue weighted by Crippen LogP contribution is 2.45. The summed E-state index contributed by atoms with van der Waals surface area (Å²) in [4.78, 5) is 0. The first-order valence-corrected chi connectivity index (χ1v) is 13.2. The molecule has 2 aliphatic carbocycles. The van der Waals surface area contributed by atoms with Gasteiger partial charge in [0.25, 0.3) is 0 Å². The van der Waals surface area contributed by atoms with Crippen LogP contribution in [0.1, 0.15) is 116 Å². The molecule has 1 aromatic carbocycles. The van der Waals surface area contributed by atoms with E-state index in [0.717, 1.165) is 55.8 Å². The third-order valence-electron chi connectivity index (χ3n) is 8.34. The molecule has 3 heteroatoms. The quantitative estimate of drug-likeness (QED) is 0.334. The summed E-state index contributed by atoms with van der Waals surface area (Å²) in [5.74, 6) is 2.05. The lowest BCUT2D eigenvalue weighted by molar-refractivity contribution is 0.131. The monoisotopic (exact) mass is 434 g/mol. The molecule has 2 fully saturated rings. The molecule has 0 spiro atoms. The first kappa shape index (κ1) is 24.5. The van der Waals surface area contributed by atoms with Gasteiger partial charge in [0.05, 0.1) is 6.61 Å². The highest BCUT2D eigenvalue weighted by atomic mass is 19.2. The van der Waals surface area contributed by atoms with Crippen molar-refractivity contribution in [3.05, 3.63) is 29.3 Å². The Labute approximate surface area is 189 Å². The van der Waals surface area contributed by atoms with E-state index in [0.29, 0.717) is 12.2 Å². The zero-order valence-corrected chi connectivity index (χ0v) is 20.1. The van der Waals surface area contributed by atoms with Gasteiger partial charge in [0, 0.05) is 0 Å². The smallest absolute Gasteiger partial charge is 0.200 e. The Morgan fingerprint density at radius 3 is 2.10 bits per heavy atom. The lowest BCUT2D eigenvalue weighted by Gasteiger charge is -2.39. The lowest BCUT2D eigenvalue weighted by atomic mass is 9.66. The van der Waals surface area contributed by atoms with Gasteiger partial charge in [-0.1, -0.05) is 65.4 Å². The van der Waals surface area contributed by atoms with Crippen molar-refractivity contribution in [2.24, 2.45) is 23.7 Å². The molecule has 0 aromatic heterocycles. The summed E-state index contributed by atoms with van der Waals surface area (Å²) in [6, 6.07) is 3.38. The van der Waals surface area contributed by atoms with Gasteiger partial charge in [-0.25, -0.2) is 4.39 Å². The maximum absolute atomic E-state index is 14.7. The Bertz CT molecular complexity index is 657. The predicted molar refractivity (Wildman–Crippen MR) is 126 cm³/mol. The predicted octanol–water partition coefficient (Wildman–Crippen LogP) is 9.05. The number of hydrogen-bond acceptors (Lipinski definition) is 1. The molecule has 0 amide bonds. The standard InChI is InChI=1S/C28H44F2O/c1-4-6-7-8-21-9-11-22(12-10-21)20(3)23-13-15-24(16-14-23)25-17-18-26(31-19-5-2)28(30)27(25)29/h17-18,20-24H,4-16,19H2,1-3H3. The van der Waals surface area contributed by atoms with E-state index in [-0.39, 0.29) is 11.7 Å². The molecule has 0 N–H and O–H groups in total. The molecule has 1 atom stereocenters. The fourth-order valence-electron chi connectivity index (χ4n) is 6.21. The van der Waals surface area contributed by atoms with Crippen LogP contribution in [0.5, 0.6) is 5.75 Å². The molecular formula is C28H44F2O. The molecule has 1 aromatic rings. The van der Waals surface area contributed by atoms with Crippen molar-refractivity contribution in [2.75, 3.05) is 6.61 Å². The van der Waals surface area contributed by atoms with Gasteiger partial charge < -0.3 is 4.74 Å². The second-order valence-electron chi connectivity index (χ2n) is 10.4. The van der Waals surface area contributed by atoms with E-state index in [4.69, 9.17) is 4.74 Å². The van der Waals surface area contributed by atoms with Gasteiger partial charge >= 0.3 is 0 Å². The second kappa shape index (κ2) is 12.2. The van der Waals surface area contributed by atoms with Gasteiger partial charge in [0.15, 0.2) is 11.6 Å². The zero-order valence-electron chi connectivity index (χ0n) is 20.1. The van der Waals surface area contributed by atoms with Crippen LogP contribution >= 0.6 is 0 Å². The van der Waals surface area contributed by atoms with Crippen LogP contribution in [-0.4, -0.2) is 6.61 Å². The van der Waals surface area contributed by atoms with Crippen LogP contribution in [0.25, 0.3) is 0 Å². The number of hydrogen-bond donors (Lipinski definition) is 0. The van der Waals surface area contributed by atoms with Crippen LogP contribution in [0.15, 0.2) is 12.1 Å².